The topological polar surface area (TPSA) is 69.6 Å². The molecule has 17 heavy (non-hydrogen) atoms. The van der Waals surface area contributed by atoms with Crippen molar-refractivity contribution in [2.75, 3.05) is 5.73 Å². The Morgan fingerprint density at radius 3 is 2.59 bits per heavy atom. The molecule has 0 aromatic carbocycles. The fourth-order valence-corrected chi connectivity index (χ4v) is 2.41. The summed E-state index contributed by atoms with van der Waals surface area (Å²) in [6, 6.07) is 0. The number of rotatable bonds is 2. The molecule has 90 valence electrons. The van der Waals surface area contributed by atoms with Gasteiger partial charge >= 0.3 is 0 Å². The van der Waals surface area contributed by atoms with E-state index in [9.17, 15) is 0 Å². The predicted octanol–water partition coefficient (Wildman–Crippen LogP) is 2.19. The normalized spacial score (nSPS) is 11.1. The van der Waals surface area contributed by atoms with E-state index >= 15 is 0 Å². The molecule has 0 bridgehead atoms. The van der Waals surface area contributed by atoms with Gasteiger partial charge in [0.05, 0.1) is 9.26 Å². The van der Waals surface area contributed by atoms with Gasteiger partial charge in [0.25, 0.3) is 0 Å². The quantitative estimate of drug-likeness (QED) is 0.849. The van der Waals surface area contributed by atoms with Crippen molar-refractivity contribution in [1.82, 2.24) is 19.5 Å². The Balaban J connectivity index is 2.61. The fourth-order valence-electron chi connectivity index (χ4n) is 1.55. The third-order valence-corrected chi connectivity index (χ3v) is 3.58. The summed E-state index contributed by atoms with van der Waals surface area (Å²) in [5, 5.41) is 0. The summed E-state index contributed by atoms with van der Waals surface area (Å²) in [6.45, 7) is 4.18. The van der Waals surface area contributed by atoms with Gasteiger partial charge in [-0.2, -0.15) is 0 Å². The van der Waals surface area contributed by atoms with Crippen molar-refractivity contribution in [3.63, 3.8) is 0 Å². The lowest BCUT2D eigenvalue weighted by molar-refractivity contribution is 0.803. The molecule has 0 amide bonds. The van der Waals surface area contributed by atoms with E-state index in [0.29, 0.717) is 17.6 Å². The number of aryl methyl sites for hydroxylation is 1. The zero-order chi connectivity index (χ0) is 12.6. The number of halogens is 1. The number of nitrogens with two attached hydrogens (primary N) is 1. The van der Waals surface area contributed by atoms with Crippen molar-refractivity contribution in [3.05, 3.63) is 21.7 Å². The molecule has 0 aliphatic carbocycles. The van der Waals surface area contributed by atoms with E-state index in [-0.39, 0.29) is 0 Å². The molecule has 2 N–H and O–H groups in total. The average Bonchev–Trinajstić information content (AvgIpc) is 2.68. The second-order valence-electron chi connectivity index (χ2n) is 4.15. The van der Waals surface area contributed by atoms with Crippen molar-refractivity contribution < 1.29 is 0 Å². The highest BCUT2D eigenvalue weighted by atomic mass is 127. The molecule has 0 aliphatic rings. The van der Waals surface area contributed by atoms with Gasteiger partial charge in [-0.05, 0) is 28.5 Å². The van der Waals surface area contributed by atoms with E-state index in [1.54, 1.807) is 6.20 Å². The third kappa shape index (κ3) is 2.26. The minimum absolute atomic E-state index is 0.311. The maximum Gasteiger partial charge on any atom is 0.198 e. The van der Waals surface area contributed by atoms with Crippen molar-refractivity contribution in [2.45, 2.75) is 19.8 Å². The zero-order valence-electron chi connectivity index (χ0n) is 9.98. The molecule has 0 saturated heterocycles. The molecule has 0 aliphatic heterocycles. The number of anilines is 1. The van der Waals surface area contributed by atoms with Gasteiger partial charge in [0.2, 0.25) is 0 Å². The molecular weight excluding hydrogens is 329 g/mol. The second-order valence-corrected chi connectivity index (χ2v) is 5.23. The minimum Gasteiger partial charge on any atom is -0.383 e. The van der Waals surface area contributed by atoms with Crippen LogP contribution in [0.2, 0.25) is 0 Å². The van der Waals surface area contributed by atoms with Gasteiger partial charge < -0.3 is 10.3 Å². The molecule has 2 aromatic heterocycles. The molecule has 2 heterocycles. The molecule has 0 atom stereocenters. The standard InChI is InChI=1S/C11H14IN5/c1-6(2)8-7(12)9(13)16-10(15-8)11-14-4-5-17(11)3/h4-6H,1-3H3,(H2,13,15,16). The summed E-state index contributed by atoms with van der Waals surface area (Å²) in [5.41, 5.74) is 6.89. The third-order valence-electron chi connectivity index (χ3n) is 2.47. The molecule has 0 spiro atoms. The monoisotopic (exact) mass is 343 g/mol. The first-order valence-electron chi connectivity index (χ1n) is 5.31. The lowest BCUT2D eigenvalue weighted by atomic mass is 10.1. The molecule has 0 unspecified atom stereocenters. The molecule has 6 heteroatoms. The fraction of sp³-hybridized carbons (Fsp3) is 0.364. The van der Waals surface area contributed by atoms with Crippen LogP contribution in [0.1, 0.15) is 25.5 Å². The summed E-state index contributed by atoms with van der Waals surface area (Å²) < 4.78 is 2.81. The Hall–Kier alpha value is -1.18. The van der Waals surface area contributed by atoms with Gasteiger partial charge in [-0.3, -0.25) is 0 Å². The van der Waals surface area contributed by atoms with Crippen LogP contribution in [0.25, 0.3) is 11.6 Å². The maximum atomic E-state index is 5.92. The average molecular weight is 343 g/mol. The summed E-state index contributed by atoms with van der Waals surface area (Å²) in [5.74, 6) is 2.14. The lowest BCUT2D eigenvalue weighted by Crippen LogP contribution is -2.08. The van der Waals surface area contributed by atoms with E-state index in [4.69, 9.17) is 5.73 Å². The second kappa shape index (κ2) is 4.59. The Morgan fingerprint density at radius 2 is 2.06 bits per heavy atom. The van der Waals surface area contributed by atoms with E-state index in [1.807, 2.05) is 17.8 Å². The van der Waals surface area contributed by atoms with Crippen LogP contribution in [0.3, 0.4) is 0 Å². The van der Waals surface area contributed by atoms with E-state index in [1.165, 1.54) is 0 Å². The van der Waals surface area contributed by atoms with Crippen LogP contribution in [-0.4, -0.2) is 19.5 Å². The van der Waals surface area contributed by atoms with Crippen LogP contribution in [0.15, 0.2) is 12.4 Å². The Morgan fingerprint density at radius 1 is 1.35 bits per heavy atom. The highest BCUT2D eigenvalue weighted by Gasteiger charge is 2.15. The van der Waals surface area contributed by atoms with Crippen LogP contribution >= 0.6 is 22.6 Å². The summed E-state index contributed by atoms with van der Waals surface area (Å²) in [6.07, 6.45) is 3.59. The number of aromatic nitrogens is 4. The summed E-state index contributed by atoms with van der Waals surface area (Å²) in [7, 11) is 1.91. The predicted molar refractivity (Wildman–Crippen MR) is 75.5 cm³/mol. The Bertz CT molecular complexity index is 547. The first-order chi connectivity index (χ1) is 8.00. The van der Waals surface area contributed by atoms with Crippen molar-refractivity contribution in [3.8, 4) is 11.6 Å². The van der Waals surface area contributed by atoms with Crippen molar-refractivity contribution in [2.24, 2.45) is 7.05 Å². The molecule has 5 nitrogen and oxygen atoms in total. The van der Waals surface area contributed by atoms with Crippen LogP contribution in [0.4, 0.5) is 5.82 Å². The van der Waals surface area contributed by atoms with Crippen LogP contribution in [-0.2, 0) is 7.05 Å². The zero-order valence-corrected chi connectivity index (χ0v) is 12.1. The smallest absolute Gasteiger partial charge is 0.198 e. The van der Waals surface area contributed by atoms with Gasteiger partial charge in [0.1, 0.15) is 5.82 Å². The van der Waals surface area contributed by atoms with Gasteiger partial charge in [-0.1, -0.05) is 13.8 Å². The Kier molecular flexibility index (Phi) is 3.32. The first kappa shape index (κ1) is 12.3. The molecule has 2 rings (SSSR count). The molecule has 0 fully saturated rings. The van der Waals surface area contributed by atoms with Gasteiger partial charge in [0, 0.05) is 19.4 Å². The van der Waals surface area contributed by atoms with Crippen LogP contribution in [0.5, 0.6) is 0 Å². The molecular formula is C11H14IN5. The SMILES string of the molecule is CC(C)c1nc(-c2nccn2C)nc(N)c1I. The number of imidazole rings is 1. The Labute approximate surface area is 114 Å². The van der Waals surface area contributed by atoms with Crippen molar-refractivity contribution >= 4 is 28.4 Å². The number of hydrogen-bond acceptors (Lipinski definition) is 4. The lowest BCUT2D eigenvalue weighted by Gasteiger charge is -2.11. The van der Waals surface area contributed by atoms with E-state index in [2.05, 4.69) is 51.4 Å². The van der Waals surface area contributed by atoms with Crippen LogP contribution < -0.4 is 5.73 Å². The highest BCUT2D eigenvalue weighted by Crippen LogP contribution is 2.25. The number of nitrogens with zero attached hydrogens (tertiary/aromatic N) is 4. The van der Waals surface area contributed by atoms with Gasteiger partial charge in [0.15, 0.2) is 11.6 Å². The van der Waals surface area contributed by atoms with Crippen molar-refractivity contribution in [1.29, 1.82) is 0 Å². The molecule has 0 saturated carbocycles. The number of nitrogen functional groups attached to an aromatic ring is 1. The van der Waals surface area contributed by atoms with Crippen LogP contribution in [0, 0.1) is 3.57 Å². The van der Waals surface area contributed by atoms with E-state index < -0.39 is 0 Å². The summed E-state index contributed by atoms with van der Waals surface area (Å²) in [4.78, 5) is 13.1. The first-order valence-corrected chi connectivity index (χ1v) is 6.39. The summed E-state index contributed by atoms with van der Waals surface area (Å²) >= 11 is 2.19. The van der Waals surface area contributed by atoms with E-state index in [0.717, 1.165) is 15.1 Å². The maximum absolute atomic E-state index is 5.92. The molecule has 2 aromatic rings. The number of hydrogen-bond donors (Lipinski definition) is 1. The van der Waals surface area contributed by atoms with Gasteiger partial charge in [-0.15, -0.1) is 0 Å². The molecule has 0 radical (unpaired) electrons. The highest BCUT2D eigenvalue weighted by molar-refractivity contribution is 14.1. The largest absolute Gasteiger partial charge is 0.383 e. The van der Waals surface area contributed by atoms with Gasteiger partial charge in [-0.25, -0.2) is 15.0 Å². The minimum atomic E-state index is 0.311.